The first-order valence-corrected chi connectivity index (χ1v) is 6.22. The fourth-order valence-electron chi connectivity index (χ4n) is 1.58. The Bertz CT molecular complexity index is 509. The minimum absolute atomic E-state index is 0.232. The van der Waals surface area contributed by atoms with E-state index in [1.807, 2.05) is 0 Å². The Hall–Kier alpha value is -2.36. The van der Waals surface area contributed by atoms with E-state index in [-0.39, 0.29) is 23.0 Å². The topological polar surface area (TPSA) is 80.9 Å². The average molecular weight is 276 g/mol. The van der Waals surface area contributed by atoms with Gasteiger partial charge in [0.05, 0.1) is 0 Å². The zero-order valence-corrected chi connectivity index (χ0v) is 12.1. The van der Waals surface area contributed by atoms with E-state index in [9.17, 15) is 0 Å². The minimum Gasteiger partial charge on any atom is -0.508 e. The molecule has 0 fully saturated rings. The molecule has 0 heterocycles. The van der Waals surface area contributed by atoms with E-state index in [1.165, 1.54) is 24.3 Å². The zero-order valence-electron chi connectivity index (χ0n) is 12.1. The maximum Gasteiger partial charge on any atom is 0.119 e. The van der Waals surface area contributed by atoms with Gasteiger partial charge in [-0.25, -0.2) is 0 Å². The SMILES string of the molecule is Cc1c(O)ccc(O)c1C.Cc1c(O)ccc(O)c1C. The first kappa shape index (κ1) is 15.7. The Labute approximate surface area is 118 Å². The number of hydrogen-bond acceptors (Lipinski definition) is 4. The molecule has 0 aliphatic rings. The molecule has 2 aromatic rings. The highest BCUT2D eigenvalue weighted by atomic mass is 16.3. The Kier molecular flexibility index (Phi) is 4.86. The largest absolute Gasteiger partial charge is 0.508 e. The predicted molar refractivity (Wildman–Crippen MR) is 78.5 cm³/mol. The molecule has 0 bridgehead atoms. The summed E-state index contributed by atoms with van der Waals surface area (Å²) in [7, 11) is 0. The Morgan fingerprint density at radius 3 is 0.750 bits per heavy atom. The summed E-state index contributed by atoms with van der Waals surface area (Å²) in [6.07, 6.45) is 0. The van der Waals surface area contributed by atoms with Crippen molar-refractivity contribution < 1.29 is 20.4 Å². The zero-order chi connectivity index (χ0) is 15.4. The fourth-order valence-corrected chi connectivity index (χ4v) is 1.58. The van der Waals surface area contributed by atoms with E-state index in [0.29, 0.717) is 0 Å². The quantitative estimate of drug-likeness (QED) is 0.556. The maximum atomic E-state index is 9.11. The maximum absolute atomic E-state index is 9.11. The van der Waals surface area contributed by atoms with Crippen molar-refractivity contribution in [3.63, 3.8) is 0 Å². The van der Waals surface area contributed by atoms with Crippen molar-refractivity contribution in [3.8, 4) is 23.0 Å². The number of rotatable bonds is 0. The molecule has 4 heteroatoms. The summed E-state index contributed by atoms with van der Waals surface area (Å²) in [4.78, 5) is 0. The van der Waals surface area contributed by atoms with Gasteiger partial charge >= 0.3 is 0 Å². The third-order valence-electron chi connectivity index (χ3n) is 3.46. The molecule has 2 aromatic carbocycles. The summed E-state index contributed by atoms with van der Waals surface area (Å²) in [6.45, 7) is 7.07. The minimum atomic E-state index is 0.232. The van der Waals surface area contributed by atoms with E-state index < -0.39 is 0 Å². The van der Waals surface area contributed by atoms with Crippen LogP contribution in [0.4, 0.5) is 0 Å². The average Bonchev–Trinajstić information content (AvgIpc) is 2.43. The van der Waals surface area contributed by atoms with Gasteiger partial charge in [-0.2, -0.15) is 0 Å². The first-order valence-electron chi connectivity index (χ1n) is 6.22. The summed E-state index contributed by atoms with van der Waals surface area (Å²) in [6, 6.07) is 5.94. The molecule has 20 heavy (non-hydrogen) atoms. The molecule has 108 valence electrons. The molecule has 4 N–H and O–H groups in total. The summed E-state index contributed by atoms with van der Waals surface area (Å²) in [5, 5.41) is 36.5. The van der Waals surface area contributed by atoms with Crippen LogP contribution in [0.5, 0.6) is 23.0 Å². The van der Waals surface area contributed by atoms with Crippen LogP contribution in [-0.4, -0.2) is 20.4 Å². The van der Waals surface area contributed by atoms with Crippen molar-refractivity contribution in [2.45, 2.75) is 27.7 Å². The van der Waals surface area contributed by atoms with Crippen molar-refractivity contribution >= 4 is 0 Å². The van der Waals surface area contributed by atoms with Crippen molar-refractivity contribution in [1.29, 1.82) is 0 Å². The molecule has 0 saturated carbocycles. The highest BCUT2D eigenvalue weighted by Crippen LogP contribution is 2.27. The molecule has 0 saturated heterocycles. The van der Waals surface area contributed by atoms with Crippen molar-refractivity contribution in [2.24, 2.45) is 0 Å². The second-order valence-corrected chi connectivity index (χ2v) is 4.71. The molecule has 0 atom stereocenters. The predicted octanol–water partition coefficient (Wildman–Crippen LogP) is 3.43. The monoisotopic (exact) mass is 276 g/mol. The molecule has 0 aliphatic carbocycles. The molecule has 0 aromatic heterocycles. The van der Waals surface area contributed by atoms with E-state index in [2.05, 4.69) is 0 Å². The number of benzene rings is 2. The number of aromatic hydroxyl groups is 4. The van der Waals surface area contributed by atoms with Crippen LogP contribution in [0.25, 0.3) is 0 Å². The van der Waals surface area contributed by atoms with E-state index in [0.717, 1.165) is 22.3 Å². The second-order valence-electron chi connectivity index (χ2n) is 4.71. The van der Waals surface area contributed by atoms with Gasteiger partial charge in [0, 0.05) is 0 Å². The van der Waals surface area contributed by atoms with E-state index >= 15 is 0 Å². The first-order chi connectivity index (χ1) is 9.25. The van der Waals surface area contributed by atoms with Gasteiger partial charge in [0.1, 0.15) is 23.0 Å². The molecule has 0 spiro atoms. The van der Waals surface area contributed by atoms with Gasteiger partial charge < -0.3 is 20.4 Å². The highest BCUT2D eigenvalue weighted by molar-refractivity contribution is 5.46. The lowest BCUT2D eigenvalue weighted by Gasteiger charge is -2.03. The van der Waals surface area contributed by atoms with Crippen LogP contribution in [0, 0.1) is 27.7 Å². The van der Waals surface area contributed by atoms with Gasteiger partial charge in [0.2, 0.25) is 0 Å². The van der Waals surface area contributed by atoms with Gasteiger partial charge in [0.15, 0.2) is 0 Å². The van der Waals surface area contributed by atoms with Crippen molar-refractivity contribution in [3.05, 3.63) is 46.5 Å². The van der Waals surface area contributed by atoms with Crippen LogP contribution >= 0.6 is 0 Å². The van der Waals surface area contributed by atoms with Crippen LogP contribution in [0.1, 0.15) is 22.3 Å². The van der Waals surface area contributed by atoms with Crippen LogP contribution in [0.3, 0.4) is 0 Å². The van der Waals surface area contributed by atoms with Gasteiger partial charge in [-0.15, -0.1) is 0 Å². The van der Waals surface area contributed by atoms with Crippen LogP contribution in [0.2, 0.25) is 0 Å². The normalized spacial score (nSPS) is 9.80. The molecular weight excluding hydrogens is 256 g/mol. The molecule has 0 amide bonds. The summed E-state index contributed by atoms with van der Waals surface area (Å²) >= 11 is 0. The highest BCUT2D eigenvalue weighted by Gasteiger charge is 2.02. The van der Waals surface area contributed by atoms with Gasteiger partial charge in [-0.05, 0) is 74.2 Å². The van der Waals surface area contributed by atoms with Crippen LogP contribution < -0.4 is 0 Å². The standard InChI is InChI=1S/2C8H10O2/c2*1-5-6(2)8(10)4-3-7(5)9/h2*3-4,9-10H,1-2H3. The summed E-state index contributed by atoms with van der Waals surface area (Å²) < 4.78 is 0. The third kappa shape index (κ3) is 3.35. The van der Waals surface area contributed by atoms with Crippen molar-refractivity contribution in [1.82, 2.24) is 0 Å². The lowest BCUT2D eigenvalue weighted by atomic mass is 10.1. The number of phenolic OH excluding ortho intramolecular Hbond substituents is 4. The molecule has 0 aliphatic heterocycles. The fraction of sp³-hybridized carbons (Fsp3) is 0.250. The summed E-state index contributed by atoms with van der Waals surface area (Å²) in [5.74, 6) is 0.927. The van der Waals surface area contributed by atoms with Gasteiger partial charge in [0.25, 0.3) is 0 Å². The molecule has 2 rings (SSSR count). The lowest BCUT2D eigenvalue weighted by molar-refractivity contribution is 0.453. The molecule has 0 unspecified atom stereocenters. The molecule has 4 nitrogen and oxygen atoms in total. The Morgan fingerprint density at radius 1 is 0.450 bits per heavy atom. The Balaban J connectivity index is 0.000000200. The Morgan fingerprint density at radius 2 is 0.600 bits per heavy atom. The van der Waals surface area contributed by atoms with Crippen LogP contribution in [0.15, 0.2) is 24.3 Å². The molecular formula is C16H20O4. The molecule has 0 radical (unpaired) electrons. The van der Waals surface area contributed by atoms with Gasteiger partial charge in [-0.1, -0.05) is 0 Å². The number of hydrogen-bond donors (Lipinski definition) is 4. The van der Waals surface area contributed by atoms with Crippen molar-refractivity contribution in [2.75, 3.05) is 0 Å². The number of phenols is 4. The van der Waals surface area contributed by atoms with E-state index in [4.69, 9.17) is 20.4 Å². The third-order valence-corrected chi connectivity index (χ3v) is 3.46. The van der Waals surface area contributed by atoms with Crippen LogP contribution in [-0.2, 0) is 0 Å². The van der Waals surface area contributed by atoms with E-state index in [1.54, 1.807) is 27.7 Å². The lowest BCUT2D eigenvalue weighted by Crippen LogP contribution is -1.81. The smallest absolute Gasteiger partial charge is 0.119 e. The van der Waals surface area contributed by atoms with Gasteiger partial charge in [-0.3, -0.25) is 0 Å². The summed E-state index contributed by atoms with van der Waals surface area (Å²) in [5.41, 5.74) is 2.94. The second kappa shape index (κ2) is 6.19.